The maximum atomic E-state index is 13.2. The molecule has 1 aromatic rings. The minimum absolute atomic E-state index is 0.163. The molecule has 2 aliphatic rings. The van der Waals surface area contributed by atoms with Crippen molar-refractivity contribution in [1.29, 1.82) is 0 Å². The van der Waals surface area contributed by atoms with Crippen molar-refractivity contribution in [2.75, 3.05) is 11.9 Å². The normalized spacial score (nSPS) is 27.6. The Bertz CT molecular complexity index is 482. The van der Waals surface area contributed by atoms with Crippen LogP contribution in [0, 0.1) is 18.2 Å². The van der Waals surface area contributed by atoms with Gasteiger partial charge in [0.1, 0.15) is 5.82 Å². The third kappa shape index (κ3) is 2.22. The van der Waals surface area contributed by atoms with Crippen molar-refractivity contribution in [3.8, 4) is 0 Å². The zero-order valence-corrected chi connectivity index (χ0v) is 12.4. The standard InChI is InChI=1S/C17H24FNO/c1-3-20-16-11-15(17(16)8-4-5-9-17)19-14-7-6-13(18)10-12(14)2/h6-7,10,15-16,19H,3-5,8-9,11H2,1-2H3. The highest BCUT2D eigenvalue weighted by Crippen LogP contribution is 2.55. The van der Waals surface area contributed by atoms with Crippen LogP contribution in [0.25, 0.3) is 0 Å². The predicted molar refractivity (Wildman–Crippen MR) is 79.5 cm³/mol. The average molecular weight is 277 g/mol. The Morgan fingerprint density at radius 1 is 1.35 bits per heavy atom. The highest BCUT2D eigenvalue weighted by molar-refractivity contribution is 5.52. The van der Waals surface area contributed by atoms with Crippen LogP contribution in [0.3, 0.4) is 0 Å². The second-order valence-electron chi connectivity index (χ2n) is 6.28. The number of aryl methyl sites for hydroxylation is 1. The van der Waals surface area contributed by atoms with Gasteiger partial charge in [-0.3, -0.25) is 0 Å². The molecule has 2 atom stereocenters. The predicted octanol–water partition coefficient (Wildman–Crippen LogP) is 4.28. The van der Waals surface area contributed by atoms with Gasteiger partial charge in [0.2, 0.25) is 0 Å². The Morgan fingerprint density at radius 2 is 2.10 bits per heavy atom. The fraction of sp³-hybridized carbons (Fsp3) is 0.647. The number of nitrogens with one attached hydrogen (secondary N) is 1. The number of rotatable bonds is 4. The lowest BCUT2D eigenvalue weighted by Crippen LogP contribution is -2.60. The van der Waals surface area contributed by atoms with Crippen molar-refractivity contribution in [3.05, 3.63) is 29.6 Å². The smallest absolute Gasteiger partial charge is 0.123 e. The number of hydrogen-bond donors (Lipinski definition) is 1. The Hall–Kier alpha value is -1.09. The van der Waals surface area contributed by atoms with Crippen LogP contribution in [-0.2, 0) is 4.74 Å². The lowest BCUT2D eigenvalue weighted by atomic mass is 9.60. The van der Waals surface area contributed by atoms with E-state index in [4.69, 9.17) is 4.74 Å². The molecular formula is C17H24FNO. The molecule has 2 saturated carbocycles. The summed E-state index contributed by atoms with van der Waals surface area (Å²) in [6.07, 6.45) is 6.62. The molecule has 0 radical (unpaired) electrons. The minimum atomic E-state index is -0.163. The molecule has 0 aromatic heterocycles. The van der Waals surface area contributed by atoms with Crippen LogP contribution in [0.2, 0.25) is 0 Å². The van der Waals surface area contributed by atoms with E-state index in [1.807, 2.05) is 13.0 Å². The number of benzene rings is 1. The van der Waals surface area contributed by atoms with Crippen molar-refractivity contribution in [3.63, 3.8) is 0 Å². The van der Waals surface area contributed by atoms with E-state index in [9.17, 15) is 4.39 Å². The van der Waals surface area contributed by atoms with Crippen LogP contribution < -0.4 is 5.32 Å². The monoisotopic (exact) mass is 277 g/mol. The fourth-order valence-corrected chi connectivity index (χ4v) is 4.07. The van der Waals surface area contributed by atoms with E-state index >= 15 is 0 Å². The second-order valence-corrected chi connectivity index (χ2v) is 6.28. The van der Waals surface area contributed by atoms with E-state index in [2.05, 4.69) is 12.2 Å². The van der Waals surface area contributed by atoms with Crippen molar-refractivity contribution < 1.29 is 9.13 Å². The quantitative estimate of drug-likeness (QED) is 0.886. The van der Waals surface area contributed by atoms with Gasteiger partial charge in [0, 0.05) is 23.8 Å². The van der Waals surface area contributed by atoms with E-state index < -0.39 is 0 Å². The third-order valence-corrected chi connectivity index (χ3v) is 5.21. The van der Waals surface area contributed by atoms with Gasteiger partial charge in [-0.05, 0) is 56.9 Å². The summed E-state index contributed by atoms with van der Waals surface area (Å²) in [5.74, 6) is -0.163. The van der Waals surface area contributed by atoms with Gasteiger partial charge < -0.3 is 10.1 Å². The first kappa shape index (κ1) is 13.9. The number of anilines is 1. The minimum Gasteiger partial charge on any atom is -0.381 e. The van der Waals surface area contributed by atoms with Crippen molar-refractivity contribution in [2.24, 2.45) is 5.41 Å². The topological polar surface area (TPSA) is 21.3 Å². The molecule has 1 spiro atoms. The highest BCUT2D eigenvalue weighted by Gasteiger charge is 2.56. The van der Waals surface area contributed by atoms with Gasteiger partial charge >= 0.3 is 0 Å². The Balaban J connectivity index is 1.74. The van der Waals surface area contributed by atoms with E-state index in [0.29, 0.717) is 17.6 Å². The Morgan fingerprint density at radius 3 is 2.75 bits per heavy atom. The summed E-state index contributed by atoms with van der Waals surface area (Å²) < 4.78 is 19.1. The van der Waals surface area contributed by atoms with Gasteiger partial charge in [0.25, 0.3) is 0 Å². The highest BCUT2D eigenvalue weighted by atomic mass is 19.1. The Labute approximate surface area is 120 Å². The van der Waals surface area contributed by atoms with Crippen molar-refractivity contribution in [2.45, 2.75) is 58.1 Å². The molecule has 2 fully saturated rings. The first-order valence-corrected chi connectivity index (χ1v) is 7.80. The molecule has 2 unspecified atom stereocenters. The maximum absolute atomic E-state index is 13.2. The third-order valence-electron chi connectivity index (χ3n) is 5.21. The number of ether oxygens (including phenoxy) is 1. The van der Waals surface area contributed by atoms with Crippen LogP contribution in [0.5, 0.6) is 0 Å². The summed E-state index contributed by atoms with van der Waals surface area (Å²) in [5, 5.41) is 3.65. The lowest BCUT2D eigenvalue weighted by Gasteiger charge is -2.54. The number of halogens is 1. The lowest BCUT2D eigenvalue weighted by molar-refractivity contribution is -0.114. The summed E-state index contributed by atoms with van der Waals surface area (Å²) in [4.78, 5) is 0. The molecule has 110 valence electrons. The molecule has 0 heterocycles. The van der Waals surface area contributed by atoms with E-state index in [-0.39, 0.29) is 5.82 Å². The molecule has 3 heteroatoms. The van der Waals surface area contributed by atoms with Crippen molar-refractivity contribution >= 4 is 5.69 Å². The number of hydrogen-bond acceptors (Lipinski definition) is 2. The second kappa shape index (κ2) is 5.36. The molecule has 0 saturated heterocycles. The molecule has 1 N–H and O–H groups in total. The summed E-state index contributed by atoms with van der Waals surface area (Å²) >= 11 is 0. The summed E-state index contributed by atoms with van der Waals surface area (Å²) in [6.45, 7) is 4.84. The molecule has 20 heavy (non-hydrogen) atoms. The SMILES string of the molecule is CCOC1CC(Nc2ccc(F)cc2C)C12CCCC2. The van der Waals surface area contributed by atoms with Gasteiger partial charge in [0.15, 0.2) is 0 Å². The zero-order valence-electron chi connectivity index (χ0n) is 12.4. The molecule has 3 rings (SSSR count). The molecule has 2 nitrogen and oxygen atoms in total. The average Bonchev–Trinajstić information content (AvgIpc) is 2.92. The van der Waals surface area contributed by atoms with Crippen LogP contribution >= 0.6 is 0 Å². The Kier molecular flexibility index (Phi) is 3.72. The molecule has 0 amide bonds. The van der Waals surface area contributed by atoms with Gasteiger partial charge in [-0.1, -0.05) is 12.8 Å². The van der Waals surface area contributed by atoms with Gasteiger partial charge in [0.05, 0.1) is 6.10 Å². The van der Waals surface area contributed by atoms with E-state index in [1.165, 1.54) is 31.7 Å². The van der Waals surface area contributed by atoms with Gasteiger partial charge in [-0.15, -0.1) is 0 Å². The largest absolute Gasteiger partial charge is 0.381 e. The van der Waals surface area contributed by atoms with Gasteiger partial charge in [-0.25, -0.2) is 4.39 Å². The van der Waals surface area contributed by atoms with Crippen molar-refractivity contribution in [1.82, 2.24) is 0 Å². The molecule has 1 aromatic carbocycles. The maximum Gasteiger partial charge on any atom is 0.123 e. The first-order chi connectivity index (χ1) is 9.65. The van der Waals surface area contributed by atoms with Crippen LogP contribution in [-0.4, -0.2) is 18.8 Å². The molecular weight excluding hydrogens is 253 g/mol. The molecule has 2 aliphatic carbocycles. The molecule has 0 aliphatic heterocycles. The summed E-state index contributed by atoms with van der Waals surface area (Å²) in [6, 6.07) is 5.48. The first-order valence-electron chi connectivity index (χ1n) is 7.80. The van der Waals surface area contributed by atoms with Crippen LogP contribution in [0.4, 0.5) is 10.1 Å². The van der Waals surface area contributed by atoms with E-state index in [1.54, 1.807) is 6.07 Å². The zero-order chi connectivity index (χ0) is 14.2. The molecule has 0 bridgehead atoms. The van der Waals surface area contributed by atoms with E-state index in [0.717, 1.165) is 24.3 Å². The van der Waals surface area contributed by atoms with Crippen LogP contribution in [0.15, 0.2) is 18.2 Å². The summed E-state index contributed by atoms with van der Waals surface area (Å²) in [7, 11) is 0. The van der Waals surface area contributed by atoms with Gasteiger partial charge in [-0.2, -0.15) is 0 Å². The summed E-state index contributed by atoms with van der Waals surface area (Å²) in [5.41, 5.74) is 2.37. The fourth-order valence-electron chi connectivity index (χ4n) is 4.07. The van der Waals surface area contributed by atoms with Crippen LogP contribution in [0.1, 0.15) is 44.6 Å².